The van der Waals surface area contributed by atoms with Gasteiger partial charge in [-0.15, -0.1) is 22.7 Å². The van der Waals surface area contributed by atoms with Crippen molar-refractivity contribution in [2.75, 3.05) is 0 Å². The van der Waals surface area contributed by atoms with Crippen LogP contribution in [0.25, 0.3) is 55.0 Å². The summed E-state index contributed by atoms with van der Waals surface area (Å²) in [6.45, 7) is 9.10. The number of fused-ring (bicyclic) bond motifs is 10. The lowest BCUT2D eigenvalue weighted by molar-refractivity contribution is 0.427. The van der Waals surface area contributed by atoms with Gasteiger partial charge in [0.15, 0.2) is 0 Å². The van der Waals surface area contributed by atoms with E-state index in [0.717, 1.165) is 11.2 Å². The maximum atomic E-state index is 9.67. The molecule has 4 aromatic carbocycles. The predicted molar refractivity (Wildman–Crippen MR) is 199 cm³/mol. The summed E-state index contributed by atoms with van der Waals surface area (Å²) in [5.41, 5.74) is 10.0. The van der Waals surface area contributed by atoms with Crippen LogP contribution in [0.1, 0.15) is 48.6 Å². The molecule has 0 saturated carbocycles. The van der Waals surface area contributed by atoms with Crippen LogP contribution in [-0.4, -0.2) is 26.3 Å². The average molecular weight is 702 g/mol. The fraction of sp³-hybridized carbons (Fsp3) is 0.158. The molecule has 0 atom stereocenters. The SMILES string of the molecule is CC1(C)c2sc(B(O)O)cc2-n2c3ccccc3c3cccc1c32.CC1(C)c2sc(Br)cc2-n2c3ccccc3c3cccc1c32. The first-order valence-electron chi connectivity index (χ1n) is 15.4. The van der Waals surface area contributed by atoms with Gasteiger partial charge in [-0.25, -0.2) is 0 Å². The number of hydrogen-bond acceptors (Lipinski definition) is 4. The van der Waals surface area contributed by atoms with Gasteiger partial charge in [-0.1, -0.05) is 100 Å². The van der Waals surface area contributed by atoms with Gasteiger partial charge in [0.05, 0.1) is 37.2 Å². The molecule has 4 aromatic heterocycles. The van der Waals surface area contributed by atoms with E-state index >= 15 is 0 Å². The molecule has 0 saturated heterocycles. The van der Waals surface area contributed by atoms with E-state index in [1.807, 2.05) is 17.4 Å². The zero-order valence-corrected chi connectivity index (χ0v) is 29.0. The summed E-state index contributed by atoms with van der Waals surface area (Å²) in [4.78, 5) is 2.60. The lowest BCUT2D eigenvalue weighted by Crippen LogP contribution is -2.26. The van der Waals surface area contributed by atoms with Gasteiger partial charge in [0.2, 0.25) is 0 Å². The zero-order valence-electron chi connectivity index (χ0n) is 25.8. The van der Waals surface area contributed by atoms with Gasteiger partial charge in [-0.05, 0) is 51.3 Å². The molecule has 0 amide bonds. The summed E-state index contributed by atoms with van der Waals surface area (Å²) in [7, 11) is -1.43. The number of hydrogen-bond donors (Lipinski definition) is 2. The van der Waals surface area contributed by atoms with E-state index in [2.05, 4.69) is 144 Å². The van der Waals surface area contributed by atoms with Crippen LogP contribution in [0.2, 0.25) is 0 Å². The first-order chi connectivity index (χ1) is 22.1. The van der Waals surface area contributed by atoms with E-state index < -0.39 is 7.12 Å². The third-order valence-corrected chi connectivity index (χ3v) is 13.5. The van der Waals surface area contributed by atoms with Crippen LogP contribution < -0.4 is 4.78 Å². The first kappa shape index (κ1) is 28.6. The molecule has 6 heterocycles. The fourth-order valence-corrected chi connectivity index (χ4v) is 10.7. The molecule has 226 valence electrons. The Hall–Kier alpha value is -3.66. The Labute approximate surface area is 283 Å². The highest BCUT2D eigenvalue weighted by atomic mass is 79.9. The van der Waals surface area contributed by atoms with Crippen molar-refractivity contribution < 1.29 is 10.0 Å². The zero-order chi connectivity index (χ0) is 31.7. The molecule has 0 bridgehead atoms. The standard InChI is InChI=1S/C19H16BNO2S.C19H14BrNS/c1-19(2)13-8-5-7-12-11-6-3-4-9-14(11)21(17(12)13)15-10-16(20(22)23)24-18(15)19;1-19(2)13-8-5-7-12-11-6-3-4-9-14(11)21(17(12)13)15-10-16(20)22-18(15)19/h3-10,22-23H,1-2H3;3-10H,1-2H3. The molecule has 2 N–H and O–H groups in total. The molecule has 0 unspecified atom stereocenters. The van der Waals surface area contributed by atoms with Crippen LogP contribution in [0.4, 0.5) is 0 Å². The van der Waals surface area contributed by atoms with Gasteiger partial charge in [-0.2, -0.15) is 0 Å². The lowest BCUT2D eigenvalue weighted by atomic mass is 9.79. The van der Waals surface area contributed by atoms with Gasteiger partial charge in [-0.3, -0.25) is 0 Å². The third kappa shape index (κ3) is 3.68. The summed E-state index contributed by atoms with van der Waals surface area (Å²) < 4.78 is 6.52. The van der Waals surface area contributed by atoms with Crippen molar-refractivity contribution in [3.63, 3.8) is 0 Å². The molecule has 4 nitrogen and oxygen atoms in total. The van der Waals surface area contributed by atoms with Crippen molar-refractivity contribution in [1.82, 2.24) is 9.13 Å². The van der Waals surface area contributed by atoms with Crippen LogP contribution >= 0.6 is 38.6 Å². The molecule has 0 spiro atoms. The lowest BCUT2D eigenvalue weighted by Gasteiger charge is -2.32. The maximum absolute atomic E-state index is 9.67. The van der Waals surface area contributed by atoms with E-state index in [1.165, 1.54) is 79.8 Å². The molecule has 0 aliphatic carbocycles. The van der Waals surface area contributed by atoms with E-state index in [9.17, 15) is 10.0 Å². The quantitative estimate of drug-likeness (QED) is 0.168. The Morgan fingerprint density at radius 3 is 1.57 bits per heavy atom. The number of thiophene rings is 2. The molecular weight excluding hydrogens is 671 g/mol. The molecule has 2 aliphatic heterocycles. The minimum absolute atomic E-state index is 0.0376. The van der Waals surface area contributed by atoms with E-state index in [1.54, 1.807) is 0 Å². The van der Waals surface area contributed by atoms with Crippen molar-refractivity contribution in [2.45, 2.75) is 38.5 Å². The highest BCUT2D eigenvalue weighted by Crippen LogP contribution is 2.51. The second kappa shape index (κ2) is 9.69. The Morgan fingerprint density at radius 1 is 0.587 bits per heavy atom. The summed E-state index contributed by atoms with van der Waals surface area (Å²) in [5, 5.41) is 24.5. The van der Waals surface area contributed by atoms with Crippen molar-refractivity contribution in [2.24, 2.45) is 0 Å². The number of halogens is 1. The fourth-order valence-electron chi connectivity index (χ4n) is 7.90. The molecule has 10 rings (SSSR count). The molecule has 8 aromatic rings. The summed E-state index contributed by atoms with van der Waals surface area (Å²) in [5.74, 6) is 0. The van der Waals surface area contributed by atoms with E-state index in [0.29, 0.717) is 4.78 Å². The van der Waals surface area contributed by atoms with Gasteiger partial charge < -0.3 is 19.2 Å². The number of para-hydroxylation sites is 4. The Balaban J connectivity index is 0.000000127. The number of benzene rings is 4. The van der Waals surface area contributed by atoms with Gasteiger partial charge in [0.1, 0.15) is 0 Å². The Morgan fingerprint density at radius 2 is 1.04 bits per heavy atom. The second-order valence-electron chi connectivity index (χ2n) is 13.4. The highest BCUT2D eigenvalue weighted by Gasteiger charge is 2.39. The van der Waals surface area contributed by atoms with Crippen LogP contribution in [0, 0.1) is 0 Å². The molecule has 46 heavy (non-hydrogen) atoms. The topological polar surface area (TPSA) is 50.3 Å². The molecule has 2 aliphatic rings. The Bertz CT molecular complexity index is 2550. The molecule has 0 radical (unpaired) electrons. The summed E-state index contributed by atoms with van der Waals surface area (Å²) >= 11 is 7.04. The molecular formula is C38H30BBrN2O2S2. The van der Waals surface area contributed by atoms with Crippen molar-refractivity contribution in [1.29, 1.82) is 0 Å². The average Bonchev–Trinajstić information content (AvgIpc) is 3.81. The van der Waals surface area contributed by atoms with Crippen molar-refractivity contribution in [3.05, 3.63) is 122 Å². The maximum Gasteiger partial charge on any atom is 0.499 e. The monoisotopic (exact) mass is 700 g/mol. The minimum Gasteiger partial charge on any atom is -0.423 e. The largest absolute Gasteiger partial charge is 0.499 e. The Kier molecular flexibility index (Phi) is 6.01. The number of rotatable bonds is 1. The minimum atomic E-state index is -1.43. The van der Waals surface area contributed by atoms with Crippen molar-refractivity contribution >= 4 is 94.1 Å². The van der Waals surface area contributed by atoms with Gasteiger partial charge >= 0.3 is 7.12 Å². The normalized spacial score (nSPS) is 15.2. The predicted octanol–water partition coefficient (Wildman–Crippen LogP) is 9.41. The summed E-state index contributed by atoms with van der Waals surface area (Å²) in [6, 6.07) is 34.5. The first-order valence-corrected chi connectivity index (χ1v) is 17.9. The van der Waals surface area contributed by atoms with Crippen molar-refractivity contribution in [3.8, 4) is 11.4 Å². The van der Waals surface area contributed by atoms with E-state index in [4.69, 9.17) is 0 Å². The molecule has 0 fully saturated rings. The smallest absolute Gasteiger partial charge is 0.423 e. The van der Waals surface area contributed by atoms with Crippen LogP contribution in [-0.2, 0) is 10.8 Å². The third-order valence-electron chi connectivity index (χ3n) is 10.0. The van der Waals surface area contributed by atoms with Crippen LogP contribution in [0.3, 0.4) is 0 Å². The van der Waals surface area contributed by atoms with Crippen LogP contribution in [0.5, 0.6) is 0 Å². The van der Waals surface area contributed by atoms with Gasteiger partial charge in [0, 0.05) is 46.9 Å². The summed E-state index contributed by atoms with van der Waals surface area (Å²) in [6.07, 6.45) is 0. The van der Waals surface area contributed by atoms with E-state index in [-0.39, 0.29) is 10.8 Å². The number of nitrogens with zero attached hydrogens (tertiary/aromatic N) is 2. The number of aromatic nitrogens is 2. The van der Waals surface area contributed by atoms with Gasteiger partial charge in [0.25, 0.3) is 0 Å². The molecule has 8 heteroatoms. The second-order valence-corrected chi connectivity index (χ2v) is 16.9. The van der Waals surface area contributed by atoms with Crippen LogP contribution in [0.15, 0.2) is 101 Å². The highest BCUT2D eigenvalue weighted by molar-refractivity contribution is 9.11.